The van der Waals surface area contributed by atoms with Crippen LogP contribution in [0.2, 0.25) is 0 Å². The number of fused-ring (bicyclic) bond motifs is 4. The van der Waals surface area contributed by atoms with Crippen molar-refractivity contribution in [2.75, 3.05) is 4.90 Å². The van der Waals surface area contributed by atoms with E-state index in [1.807, 2.05) is 12.1 Å². The molecule has 0 saturated carbocycles. The van der Waals surface area contributed by atoms with Crippen LogP contribution in [0, 0.1) is 0 Å². The van der Waals surface area contributed by atoms with Gasteiger partial charge in [-0.25, -0.2) is 0 Å². The standard InChI is InChI=1S/C64H43NO/c1-2-12-44(13-3-1)52-17-11-19-56(42-52)59-20-6-8-22-62(59)65(58-37-32-49(33-38-58)55-34-39-64-61(43-55)60-21-7-9-23-63(60)66-64)57-35-30-47(31-36-57)46-24-26-48(27-25-46)51-16-10-18-53(40-51)54-29-28-45-14-4-5-15-50(45)41-54/h1-43H. The van der Waals surface area contributed by atoms with E-state index < -0.39 is 0 Å². The van der Waals surface area contributed by atoms with Crippen LogP contribution >= 0.6 is 0 Å². The maximum Gasteiger partial charge on any atom is 0.135 e. The summed E-state index contributed by atoms with van der Waals surface area (Å²) in [5, 5.41) is 4.77. The third-order valence-electron chi connectivity index (χ3n) is 12.9. The first kappa shape index (κ1) is 38.9. The lowest BCUT2D eigenvalue weighted by molar-refractivity contribution is 0.669. The summed E-state index contributed by atoms with van der Waals surface area (Å²) >= 11 is 0. The number of rotatable bonds is 9. The van der Waals surface area contributed by atoms with Crippen LogP contribution in [0.15, 0.2) is 265 Å². The molecule has 310 valence electrons. The predicted octanol–water partition coefficient (Wildman–Crippen LogP) is 18.2. The fourth-order valence-electron chi connectivity index (χ4n) is 9.45. The lowest BCUT2D eigenvalue weighted by Crippen LogP contribution is -2.11. The Morgan fingerprint density at radius 3 is 1.39 bits per heavy atom. The molecule has 0 fully saturated rings. The van der Waals surface area contributed by atoms with Gasteiger partial charge in [0.2, 0.25) is 0 Å². The molecule has 0 spiro atoms. The predicted molar refractivity (Wildman–Crippen MR) is 279 cm³/mol. The molecular weight excluding hydrogens is 799 g/mol. The van der Waals surface area contributed by atoms with E-state index in [9.17, 15) is 0 Å². The Morgan fingerprint density at radius 2 is 0.682 bits per heavy atom. The molecule has 2 nitrogen and oxygen atoms in total. The normalized spacial score (nSPS) is 11.3. The van der Waals surface area contributed by atoms with Crippen molar-refractivity contribution < 1.29 is 4.42 Å². The molecule has 11 aromatic carbocycles. The first-order chi connectivity index (χ1) is 32.7. The van der Waals surface area contributed by atoms with Crippen molar-refractivity contribution >= 4 is 49.8 Å². The van der Waals surface area contributed by atoms with Gasteiger partial charge in [0, 0.05) is 27.7 Å². The van der Waals surface area contributed by atoms with Crippen LogP contribution in [-0.4, -0.2) is 0 Å². The van der Waals surface area contributed by atoms with Gasteiger partial charge in [0.1, 0.15) is 11.2 Å². The van der Waals surface area contributed by atoms with E-state index >= 15 is 0 Å². The van der Waals surface area contributed by atoms with Crippen molar-refractivity contribution in [2.24, 2.45) is 0 Å². The molecule has 2 heteroatoms. The summed E-state index contributed by atoms with van der Waals surface area (Å²) in [7, 11) is 0. The Labute approximate surface area is 384 Å². The quantitative estimate of drug-likeness (QED) is 0.144. The van der Waals surface area contributed by atoms with Gasteiger partial charge in [-0.05, 0) is 139 Å². The van der Waals surface area contributed by atoms with Crippen LogP contribution in [0.5, 0.6) is 0 Å². The average Bonchev–Trinajstić information content (AvgIpc) is 3.78. The highest BCUT2D eigenvalue weighted by Gasteiger charge is 2.19. The van der Waals surface area contributed by atoms with Gasteiger partial charge in [-0.2, -0.15) is 0 Å². The van der Waals surface area contributed by atoms with E-state index in [0.717, 1.165) is 66.8 Å². The Hall–Kier alpha value is -8.72. The minimum atomic E-state index is 0.901. The monoisotopic (exact) mass is 841 g/mol. The van der Waals surface area contributed by atoms with E-state index in [4.69, 9.17) is 4.42 Å². The van der Waals surface area contributed by atoms with E-state index in [-0.39, 0.29) is 0 Å². The second kappa shape index (κ2) is 16.8. The van der Waals surface area contributed by atoms with Gasteiger partial charge < -0.3 is 9.32 Å². The highest BCUT2D eigenvalue weighted by molar-refractivity contribution is 6.06. The van der Waals surface area contributed by atoms with E-state index in [1.54, 1.807) is 0 Å². The van der Waals surface area contributed by atoms with Crippen LogP contribution in [0.25, 0.3) is 99.5 Å². The first-order valence-electron chi connectivity index (χ1n) is 22.6. The summed E-state index contributed by atoms with van der Waals surface area (Å²) in [6.07, 6.45) is 0. The molecule has 12 rings (SSSR count). The number of benzene rings is 11. The van der Waals surface area contributed by atoms with Crippen molar-refractivity contribution in [3.63, 3.8) is 0 Å². The molecule has 0 aliphatic rings. The molecule has 0 aliphatic heterocycles. The zero-order valence-electron chi connectivity index (χ0n) is 36.2. The second-order valence-corrected chi connectivity index (χ2v) is 16.9. The van der Waals surface area contributed by atoms with E-state index in [1.165, 1.54) is 49.7 Å². The highest BCUT2D eigenvalue weighted by atomic mass is 16.3. The minimum Gasteiger partial charge on any atom is -0.456 e. The van der Waals surface area contributed by atoms with Crippen molar-refractivity contribution in [1.29, 1.82) is 0 Å². The summed E-state index contributed by atoms with van der Waals surface area (Å²) in [4.78, 5) is 2.39. The van der Waals surface area contributed by atoms with Crippen molar-refractivity contribution in [1.82, 2.24) is 0 Å². The molecule has 0 amide bonds. The average molecular weight is 842 g/mol. The fraction of sp³-hybridized carbons (Fsp3) is 0. The summed E-state index contributed by atoms with van der Waals surface area (Å²) in [6.45, 7) is 0. The lowest BCUT2D eigenvalue weighted by atomic mass is 9.96. The number of nitrogens with zero attached hydrogens (tertiary/aromatic N) is 1. The maximum atomic E-state index is 6.15. The summed E-state index contributed by atoms with van der Waals surface area (Å²) < 4.78 is 6.15. The van der Waals surface area contributed by atoms with Crippen LogP contribution in [0.1, 0.15) is 0 Å². The Balaban J connectivity index is 0.889. The van der Waals surface area contributed by atoms with Gasteiger partial charge in [0.25, 0.3) is 0 Å². The molecular formula is C64H43NO. The second-order valence-electron chi connectivity index (χ2n) is 16.9. The van der Waals surface area contributed by atoms with Gasteiger partial charge in [-0.3, -0.25) is 0 Å². The number of anilines is 3. The highest BCUT2D eigenvalue weighted by Crippen LogP contribution is 2.43. The molecule has 12 aromatic rings. The fourth-order valence-corrected chi connectivity index (χ4v) is 9.45. The third-order valence-corrected chi connectivity index (χ3v) is 12.9. The molecule has 1 heterocycles. The number of hydrogen-bond donors (Lipinski definition) is 0. The van der Waals surface area contributed by atoms with Crippen LogP contribution in [-0.2, 0) is 0 Å². The molecule has 0 N–H and O–H groups in total. The van der Waals surface area contributed by atoms with Crippen molar-refractivity contribution in [3.05, 3.63) is 261 Å². The largest absolute Gasteiger partial charge is 0.456 e. The molecule has 0 saturated heterocycles. The molecule has 0 atom stereocenters. The van der Waals surface area contributed by atoms with Crippen molar-refractivity contribution in [3.8, 4) is 66.8 Å². The number of furan rings is 1. The summed E-state index contributed by atoms with van der Waals surface area (Å²) in [5.74, 6) is 0. The topological polar surface area (TPSA) is 16.4 Å². The molecule has 66 heavy (non-hydrogen) atoms. The van der Waals surface area contributed by atoms with Crippen LogP contribution in [0.3, 0.4) is 0 Å². The van der Waals surface area contributed by atoms with Crippen LogP contribution < -0.4 is 4.90 Å². The first-order valence-corrected chi connectivity index (χ1v) is 22.6. The number of para-hydroxylation sites is 2. The molecule has 0 unspecified atom stereocenters. The zero-order chi connectivity index (χ0) is 43.8. The van der Waals surface area contributed by atoms with E-state index in [2.05, 4.69) is 254 Å². The van der Waals surface area contributed by atoms with Gasteiger partial charge >= 0.3 is 0 Å². The Bertz CT molecular complexity index is 3680. The molecule has 1 aromatic heterocycles. The van der Waals surface area contributed by atoms with Gasteiger partial charge in [0.05, 0.1) is 5.69 Å². The summed E-state index contributed by atoms with van der Waals surface area (Å²) in [6, 6.07) is 94.0. The van der Waals surface area contributed by atoms with Gasteiger partial charge in [-0.15, -0.1) is 0 Å². The maximum absolute atomic E-state index is 6.15. The third kappa shape index (κ3) is 7.41. The minimum absolute atomic E-state index is 0.901. The van der Waals surface area contributed by atoms with E-state index in [0.29, 0.717) is 0 Å². The Kier molecular flexibility index (Phi) is 9.89. The molecule has 0 bridgehead atoms. The molecule has 0 radical (unpaired) electrons. The smallest absolute Gasteiger partial charge is 0.135 e. The molecule has 0 aliphatic carbocycles. The Morgan fingerprint density at radius 1 is 0.242 bits per heavy atom. The van der Waals surface area contributed by atoms with Gasteiger partial charge in [-0.1, -0.05) is 194 Å². The number of hydrogen-bond acceptors (Lipinski definition) is 2. The summed E-state index contributed by atoms with van der Waals surface area (Å²) in [5.41, 5.74) is 19.2. The lowest BCUT2D eigenvalue weighted by Gasteiger charge is -2.28. The SMILES string of the molecule is c1ccc(-c2cccc(-c3ccccc3N(c3ccc(-c4ccc(-c5cccc(-c6ccc7ccccc7c6)c5)cc4)cc3)c3ccc(-c4ccc5oc6ccccc6c5c4)cc3)c2)cc1. The zero-order valence-corrected chi connectivity index (χ0v) is 36.2. The van der Waals surface area contributed by atoms with Crippen molar-refractivity contribution in [2.45, 2.75) is 0 Å². The van der Waals surface area contributed by atoms with Gasteiger partial charge in [0.15, 0.2) is 0 Å². The van der Waals surface area contributed by atoms with Crippen LogP contribution in [0.4, 0.5) is 17.1 Å².